The van der Waals surface area contributed by atoms with Crippen LogP contribution >= 0.6 is 0 Å². The number of aryl methyl sites for hydroxylation is 1. The normalized spacial score (nSPS) is 12.0. The van der Waals surface area contributed by atoms with Gasteiger partial charge in [-0.3, -0.25) is 9.89 Å². The molecule has 1 aromatic heterocycles. The van der Waals surface area contributed by atoms with Gasteiger partial charge in [-0.05, 0) is 48.2 Å². The van der Waals surface area contributed by atoms with Crippen molar-refractivity contribution >= 4 is 11.6 Å². The van der Waals surface area contributed by atoms with Gasteiger partial charge in [0.2, 0.25) is 5.91 Å². The van der Waals surface area contributed by atoms with Crippen molar-refractivity contribution in [1.29, 1.82) is 0 Å². The Morgan fingerprint density at radius 1 is 1.19 bits per heavy atom. The van der Waals surface area contributed by atoms with Gasteiger partial charge >= 0.3 is 0 Å². The van der Waals surface area contributed by atoms with Gasteiger partial charge < -0.3 is 11.1 Å². The molecule has 1 heterocycles. The third kappa shape index (κ3) is 4.15. The fourth-order valence-electron chi connectivity index (χ4n) is 2.96. The van der Waals surface area contributed by atoms with Crippen LogP contribution in [0.2, 0.25) is 0 Å². The summed E-state index contributed by atoms with van der Waals surface area (Å²) in [5.74, 6) is 1.40. The van der Waals surface area contributed by atoms with E-state index >= 15 is 0 Å². The predicted molar refractivity (Wildman–Crippen MR) is 103 cm³/mol. The minimum Gasteiger partial charge on any atom is -0.326 e. The quantitative estimate of drug-likeness (QED) is 0.635. The van der Waals surface area contributed by atoms with Crippen molar-refractivity contribution in [2.24, 2.45) is 5.73 Å². The molecule has 3 rings (SSSR count). The maximum atomic E-state index is 12.3. The van der Waals surface area contributed by atoms with Crippen LogP contribution in [-0.2, 0) is 11.3 Å². The molecule has 0 bridgehead atoms. The molecule has 1 amide bonds. The fraction of sp³-hybridized carbons (Fsp3) is 0.250. The number of nitrogens with two attached hydrogens (primary N) is 1. The van der Waals surface area contributed by atoms with E-state index in [9.17, 15) is 4.79 Å². The van der Waals surface area contributed by atoms with Crippen LogP contribution in [0, 0.1) is 6.92 Å². The minimum absolute atomic E-state index is 0.00295. The van der Waals surface area contributed by atoms with Crippen molar-refractivity contribution in [1.82, 2.24) is 15.2 Å². The van der Waals surface area contributed by atoms with Crippen LogP contribution in [0.25, 0.3) is 11.4 Å². The maximum absolute atomic E-state index is 12.3. The summed E-state index contributed by atoms with van der Waals surface area (Å²) < 4.78 is 0. The summed E-state index contributed by atoms with van der Waals surface area (Å²) in [6, 6.07) is 15.6. The summed E-state index contributed by atoms with van der Waals surface area (Å²) in [7, 11) is 0. The lowest BCUT2D eigenvalue weighted by Gasteiger charge is -2.14. The van der Waals surface area contributed by atoms with Gasteiger partial charge in [-0.15, -0.1) is 0 Å². The molecule has 0 saturated carbocycles. The fourth-order valence-corrected chi connectivity index (χ4v) is 2.96. The smallest absolute Gasteiger partial charge is 0.224 e. The Balaban J connectivity index is 1.61. The number of hydrogen-bond acceptors (Lipinski definition) is 4. The van der Waals surface area contributed by atoms with Crippen LogP contribution in [0.5, 0.6) is 0 Å². The first-order chi connectivity index (χ1) is 12.6. The first-order valence-electron chi connectivity index (χ1n) is 8.64. The van der Waals surface area contributed by atoms with Gasteiger partial charge in [-0.2, -0.15) is 5.10 Å². The Bertz CT molecular complexity index is 885. The second-order valence-corrected chi connectivity index (χ2v) is 6.40. The minimum atomic E-state index is -0.00295. The molecule has 1 atom stereocenters. The molecule has 0 radical (unpaired) electrons. The first-order valence-corrected chi connectivity index (χ1v) is 8.64. The summed E-state index contributed by atoms with van der Waals surface area (Å²) in [6.45, 7) is 4.46. The van der Waals surface area contributed by atoms with E-state index in [0.717, 1.165) is 11.3 Å². The maximum Gasteiger partial charge on any atom is 0.224 e. The molecule has 4 N–H and O–H groups in total. The predicted octanol–water partition coefficient (Wildman–Crippen LogP) is 3.37. The molecule has 0 aliphatic carbocycles. The molecule has 0 saturated heterocycles. The van der Waals surface area contributed by atoms with Gasteiger partial charge in [-0.25, -0.2) is 4.98 Å². The molecule has 3 aromatic rings. The molecule has 2 aromatic carbocycles. The van der Waals surface area contributed by atoms with Crippen molar-refractivity contribution < 1.29 is 4.79 Å². The second kappa shape index (κ2) is 7.93. The van der Waals surface area contributed by atoms with E-state index in [1.807, 2.05) is 36.4 Å². The number of nitrogens with zero attached hydrogens (tertiary/aromatic N) is 2. The highest BCUT2D eigenvalue weighted by Gasteiger charge is 2.13. The lowest BCUT2D eigenvalue weighted by atomic mass is 9.93. The van der Waals surface area contributed by atoms with Gasteiger partial charge in [0.25, 0.3) is 0 Å². The lowest BCUT2D eigenvalue weighted by molar-refractivity contribution is -0.116. The van der Waals surface area contributed by atoms with Crippen molar-refractivity contribution in [3.8, 4) is 11.4 Å². The van der Waals surface area contributed by atoms with E-state index in [4.69, 9.17) is 5.73 Å². The summed E-state index contributed by atoms with van der Waals surface area (Å²) in [5.41, 5.74) is 9.57. The zero-order valence-corrected chi connectivity index (χ0v) is 15.0. The number of amides is 1. The van der Waals surface area contributed by atoms with E-state index in [0.29, 0.717) is 24.6 Å². The zero-order valence-electron chi connectivity index (χ0n) is 15.0. The monoisotopic (exact) mass is 349 g/mol. The molecule has 1 unspecified atom stereocenters. The zero-order chi connectivity index (χ0) is 18.5. The summed E-state index contributed by atoms with van der Waals surface area (Å²) in [5, 5.41) is 9.86. The highest BCUT2D eigenvalue weighted by atomic mass is 16.1. The van der Waals surface area contributed by atoms with Gasteiger partial charge in [0.1, 0.15) is 5.82 Å². The Labute approximate surface area is 152 Å². The number of carbonyl (C=O) groups excluding carboxylic acids is 1. The van der Waals surface area contributed by atoms with Crippen molar-refractivity contribution in [3.63, 3.8) is 0 Å². The standard InChI is InChI=1S/C20H23N5O/c1-13-5-3-4-6-17(13)14(2)11-19(26)22-16-9-7-15(8-10-16)20-23-18(12-21)24-25-20/h3-10,14H,11-12,21H2,1-2H3,(H,22,26)(H,23,24,25). The van der Waals surface area contributed by atoms with Crippen molar-refractivity contribution in [3.05, 3.63) is 65.5 Å². The molecule has 134 valence electrons. The number of rotatable bonds is 6. The Morgan fingerprint density at radius 2 is 1.92 bits per heavy atom. The number of nitrogens with one attached hydrogen (secondary N) is 2. The number of benzene rings is 2. The Hall–Kier alpha value is -2.99. The average Bonchev–Trinajstić information content (AvgIpc) is 3.11. The van der Waals surface area contributed by atoms with Gasteiger partial charge in [0.05, 0.1) is 6.54 Å². The van der Waals surface area contributed by atoms with Gasteiger partial charge in [0.15, 0.2) is 5.82 Å². The topological polar surface area (TPSA) is 96.7 Å². The van der Waals surface area contributed by atoms with Gasteiger partial charge in [0, 0.05) is 17.7 Å². The molecule has 6 nitrogen and oxygen atoms in total. The van der Waals surface area contributed by atoms with E-state index in [1.165, 1.54) is 11.1 Å². The van der Waals surface area contributed by atoms with Crippen LogP contribution in [0.4, 0.5) is 5.69 Å². The third-order valence-electron chi connectivity index (χ3n) is 4.36. The van der Waals surface area contributed by atoms with Crippen LogP contribution < -0.4 is 11.1 Å². The highest BCUT2D eigenvalue weighted by molar-refractivity contribution is 5.91. The van der Waals surface area contributed by atoms with Crippen LogP contribution in [0.3, 0.4) is 0 Å². The van der Waals surface area contributed by atoms with Crippen LogP contribution in [0.15, 0.2) is 48.5 Å². The number of aromatic amines is 1. The molecular formula is C20H23N5O. The largest absolute Gasteiger partial charge is 0.326 e. The number of hydrogen-bond donors (Lipinski definition) is 3. The van der Waals surface area contributed by atoms with Crippen LogP contribution in [-0.4, -0.2) is 21.1 Å². The van der Waals surface area contributed by atoms with E-state index in [-0.39, 0.29) is 11.8 Å². The average molecular weight is 349 g/mol. The van der Waals surface area contributed by atoms with Crippen molar-refractivity contribution in [2.45, 2.75) is 32.7 Å². The molecule has 0 aliphatic rings. The molecule has 6 heteroatoms. The van der Waals surface area contributed by atoms with Crippen molar-refractivity contribution in [2.75, 3.05) is 5.32 Å². The molecule has 26 heavy (non-hydrogen) atoms. The first kappa shape index (κ1) is 17.8. The second-order valence-electron chi connectivity index (χ2n) is 6.40. The van der Waals surface area contributed by atoms with E-state index in [2.05, 4.69) is 46.5 Å². The highest BCUT2D eigenvalue weighted by Crippen LogP contribution is 2.23. The van der Waals surface area contributed by atoms with Gasteiger partial charge in [-0.1, -0.05) is 31.2 Å². The van der Waals surface area contributed by atoms with Crippen LogP contribution in [0.1, 0.15) is 36.2 Å². The summed E-state index contributed by atoms with van der Waals surface area (Å²) in [6.07, 6.45) is 0.438. The third-order valence-corrected chi connectivity index (χ3v) is 4.36. The van der Waals surface area contributed by atoms with E-state index < -0.39 is 0 Å². The molecule has 0 fully saturated rings. The number of H-pyrrole nitrogens is 1. The summed E-state index contributed by atoms with van der Waals surface area (Å²) in [4.78, 5) is 16.6. The Kier molecular flexibility index (Phi) is 5.43. The van der Waals surface area contributed by atoms with E-state index in [1.54, 1.807) is 0 Å². The molecular weight excluding hydrogens is 326 g/mol. The SMILES string of the molecule is Cc1ccccc1C(C)CC(=O)Nc1ccc(-c2n[nH]c(CN)n2)cc1. The summed E-state index contributed by atoms with van der Waals surface area (Å²) >= 11 is 0. The molecule has 0 aliphatic heterocycles. The number of carbonyl (C=O) groups is 1. The number of anilines is 1. The lowest BCUT2D eigenvalue weighted by Crippen LogP contribution is -2.14. The number of aromatic nitrogens is 3. The Morgan fingerprint density at radius 3 is 2.58 bits per heavy atom. The molecule has 0 spiro atoms.